The number of carbonyl (C=O) groups is 1. The second kappa shape index (κ2) is 8.36. The van der Waals surface area contributed by atoms with Gasteiger partial charge in [-0.15, -0.1) is 0 Å². The fourth-order valence-electron chi connectivity index (χ4n) is 4.19. The Morgan fingerprint density at radius 1 is 1.10 bits per heavy atom. The fourth-order valence-corrected chi connectivity index (χ4v) is 4.19. The van der Waals surface area contributed by atoms with Crippen LogP contribution in [0, 0.1) is 5.92 Å². The summed E-state index contributed by atoms with van der Waals surface area (Å²) in [5.74, 6) is -2.60. The zero-order valence-corrected chi connectivity index (χ0v) is 17.5. The molecule has 0 saturated carbocycles. The Morgan fingerprint density at radius 2 is 1.77 bits per heavy atom. The van der Waals surface area contributed by atoms with Gasteiger partial charge in [0.1, 0.15) is 22.8 Å². The summed E-state index contributed by atoms with van der Waals surface area (Å²) in [4.78, 5) is 12.8. The van der Waals surface area contributed by atoms with Crippen LogP contribution in [0.4, 0.5) is 0 Å². The summed E-state index contributed by atoms with van der Waals surface area (Å²) in [6, 6.07) is 10.3. The normalized spacial score (nSPS) is 19.7. The molecule has 4 N–H and O–H groups in total. The number of rotatable bonds is 5. The van der Waals surface area contributed by atoms with Gasteiger partial charge < -0.3 is 20.4 Å². The van der Waals surface area contributed by atoms with Crippen LogP contribution in [-0.2, 0) is 0 Å². The van der Waals surface area contributed by atoms with Crippen molar-refractivity contribution in [1.82, 2.24) is 0 Å². The number of benzene rings is 2. The highest BCUT2D eigenvalue weighted by atomic mass is 16.3. The van der Waals surface area contributed by atoms with Crippen molar-refractivity contribution >= 4 is 11.9 Å². The molecule has 0 heterocycles. The van der Waals surface area contributed by atoms with Gasteiger partial charge in [-0.2, -0.15) is 0 Å². The minimum absolute atomic E-state index is 0.149. The number of phenols is 3. The van der Waals surface area contributed by atoms with Crippen molar-refractivity contribution in [1.29, 1.82) is 0 Å². The van der Waals surface area contributed by atoms with Crippen molar-refractivity contribution in [2.24, 2.45) is 5.92 Å². The maximum absolute atomic E-state index is 12.8. The molecule has 5 heteroatoms. The molecule has 0 spiro atoms. The molecular formula is C25H28O5. The van der Waals surface area contributed by atoms with E-state index in [2.05, 4.69) is 0 Å². The Hall–Kier alpha value is -3.05. The molecule has 30 heavy (non-hydrogen) atoms. The fraction of sp³-hybridized carbons (Fsp3) is 0.320. The van der Waals surface area contributed by atoms with E-state index in [-0.39, 0.29) is 22.8 Å². The molecule has 2 aromatic rings. The topological polar surface area (TPSA) is 98.0 Å². The highest BCUT2D eigenvalue weighted by Gasteiger charge is 2.39. The molecule has 3 rings (SSSR count). The van der Waals surface area contributed by atoms with Crippen LogP contribution in [0.2, 0.25) is 0 Å². The highest BCUT2D eigenvalue weighted by molar-refractivity contribution is 6.11. The maximum Gasteiger partial charge on any atom is 0.193 e. The Balaban J connectivity index is 2.08. The highest BCUT2D eigenvalue weighted by Crippen LogP contribution is 2.50. The number of ketones is 1. The van der Waals surface area contributed by atoms with E-state index in [0.717, 1.165) is 23.6 Å². The molecular weight excluding hydrogens is 380 g/mol. The number of aliphatic hydroxyl groups is 1. The van der Waals surface area contributed by atoms with Crippen molar-refractivity contribution in [2.45, 2.75) is 45.1 Å². The molecule has 0 saturated heterocycles. The number of phenolic OH excluding ortho intramolecular Hbond substituents is 3. The molecule has 1 aliphatic rings. The first-order valence-corrected chi connectivity index (χ1v) is 10.0. The van der Waals surface area contributed by atoms with E-state index in [0.29, 0.717) is 6.42 Å². The van der Waals surface area contributed by atoms with Crippen LogP contribution in [0.25, 0.3) is 6.08 Å². The summed E-state index contributed by atoms with van der Waals surface area (Å²) in [7, 11) is 0. The second-order valence-electron chi connectivity index (χ2n) is 8.50. The summed E-state index contributed by atoms with van der Waals surface area (Å²) in [5.41, 5.74) is 0.702. The van der Waals surface area contributed by atoms with E-state index >= 15 is 0 Å². The predicted molar refractivity (Wildman–Crippen MR) is 117 cm³/mol. The van der Waals surface area contributed by atoms with Crippen molar-refractivity contribution in [3.05, 3.63) is 70.8 Å². The first-order chi connectivity index (χ1) is 14.1. The third-order valence-corrected chi connectivity index (χ3v) is 5.76. The zero-order chi connectivity index (χ0) is 22.1. The van der Waals surface area contributed by atoms with Crippen LogP contribution in [0.15, 0.2) is 54.1 Å². The number of hydrogen-bond donors (Lipinski definition) is 4. The molecule has 2 atom stereocenters. The summed E-state index contributed by atoms with van der Waals surface area (Å²) in [6.45, 7) is 5.35. The van der Waals surface area contributed by atoms with Gasteiger partial charge in [-0.1, -0.05) is 48.1 Å². The van der Waals surface area contributed by atoms with Gasteiger partial charge in [-0.3, -0.25) is 4.79 Å². The largest absolute Gasteiger partial charge is 0.507 e. The molecule has 0 aromatic heterocycles. The summed E-state index contributed by atoms with van der Waals surface area (Å²) in [5, 5.41) is 42.5. The summed E-state index contributed by atoms with van der Waals surface area (Å²) >= 11 is 0. The Kier molecular flexibility index (Phi) is 6.04. The Labute approximate surface area is 176 Å². The summed E-state index contributed by atoms with van der Waals surface area (Å²) < 4.78 is 0. The third kappa shape index (κ3) is 4.41. The lowest BCUT2D eigenvalue weighted by atomic mass is 9.69. The average Bonchev–Trinajstić information content (AvgIpc) is 2.66. The second-order valence-corrected chi connectivity index (χ2v) is 8.50. The van der Waals surface area contributed by atoms with E-state index in [1.807, 2.05) is 43.3 Å². The van der Waals surface area contributed by atoms with Crippen LogP contribution in [0.1, 0.15) is 61.0 Å². The molecule has 0 amide bonds. The maximum atomic E-state index is 12.8. The van der Waals surface area contributed by atoms with Gasteiger partial charge >= 0.3 is 0 Å². The van der Waals surface area contributed by atoms with Gasteiger partial charge in [0.25, 0.3) is 0 Å². The molecule has 2 unspecified atom stereocenters. The van der Waals surface area contributed by atoms with Gasteiger partial charge in [0.2, 0.25) is 0 Å². The quantitative estimate of drug-likeness (QED) is 0.320. The molecule has 0 aliphatic heterocycles. The first kappa shape index (κ1) is 21.7. The molecule has 0 fully saturated rings. The predicted octanol–water partition coefficient (Wildman–Crippen LogP) is 4.91. The lowest BCUT2D eigenvalue weighted by Gasteiger charge is -2.38. The Morgan fingerprint density at radius 3 is 2.40 bits per heavy atom. The molecule has 0 bridgehead atoms. The smallest absolute Gasteiger partial charge is 0.193 e. The van der Waals surface area contributed by atoms with Crippen LogP contribution in [0.5, 0.6) is 17.2 Å². The van der Waals surface area contributed by atoms with Gasteiger partial charge in [0.05, 0.1) is 5.60 Å². The van der Waals surface area contributed by atoms with Crippen molar-refractivity contribution in [2.75, 3.05) is 0 Å². The molecule has 0 radical (unpaired) electrons. The minimum atomic E-state index is -1.06. The molecule has 1 aliphatic carbocycles. The SMILES string of the molecule is CC1=CC(c2c(O)cc(O)c(C(=O)/C=C/c3ccccc3)c2O)C(C(C)(C)O)CC1. The Bertz CT molecular complexity index is 996. The average molecular weight is 408 g/mol. The van der Waals surface area contributed by atoms with E-state index < -0.39 is 28.8 Å². The van der Waals surface area contributed by atoms with E-state index in [1.54, 1.807) is 19.9 Å². The van der Waals surface area contributed by atoms with Crippen LogP contribution in [-0.4, -0.2) is 31.8 Å². The van der Waals surface area contributed by atoms with E-state index in [9.17, 15) is 25.2 Å². The standard InChI is InChI=1S/C25H28O5/c1-15-9-11-18(25(2,3)30)17(13-15)22-20(27)14-21(28)23(24(22)29)19(26)12-10-16-7-5-4-6-8-16/h4-8,10,12-14,17-18,27-30H,9,11H2,1-3H3/b12-10+. The van der Waals surface area contributed by atoms with Crippen molar-refractivity contribution in [3.8, 4) is 17.2 Å². The van der Waals surface area contributed by atoms with Gasteiger partial charge in [-0.05, 0) is 51.2 Å². The summed E-state index contributed by atoms with van der Waals surface area (Å²) in [6.07, 6.45) is 6.26. The molecule has 2 aromatic carbocycles. The van der Waals surface area contributed by atoms with E-state index in [4.69, 9.17) is 0 Å². The number of aromatic hydroxyl groups is 3. The first-order valence-electron chi connectivity index (χ1n) is 10.0. The third-order valence-electron chi connectivity index (χ3n) is 5.76. The molecule has 158 valence electrons. The molecule has 5 nitrogen and oxygen atoms in total. The van der Waals surface area contributed by atoms with Gasteiger partial charge in [0.15, 0.2) is 5.78 Å². The number of hydrogen-bond acceptors (Lipinski definition) is 5. The number of allylic oxidation sites excluding steroid dienone is 3. The van der Waals surface area contributed by atoms with Crippen LogP contribution < -0.4 is 0 Å². The lowest BCUT2D eigenvalue weighted by Crippen LogP contribution is -2.36. The number of carbonyl (C=O) groups excluding carboxylic acids is 1. The van der Waals surface area contributed by atoms with Gasteiger partial charge in [-0.25, -0.2) is 0 Å². The van der Waals surface area contributed by atoms with Crippen LogP contribution in [0.3, 0.4) is 0 Å². The van der Waals surface area contributed by atoms with Crippen LogP contribution >= 0.6 is 0 Å². The van der Waals surface area contributed by atoms with Gasteiger partial charge in [0, 0.05) is 17.5 Å². The monoisotopic (exact) mass is 408 g/mol. The van der Waals surface area contributed by atoms with E-state index in [1.165, 1.54) is 6.08 Å². The minimum Gasteiger partial charge on any atom is -0.507 e. The lowest BCUT2D eigenvalue weighted by molar-refractivity contribution is 0.00420. The van der Waals surface area contributed by atoms with Crippen molar-refractivity contribution in [3.63, 3.8) is 0 Å². The van der Waals surface area contributed by atoms with Crippen molar-refractivity contribution < 1.29 is 25.2 Å². The zero-order valence-electron chi connectivity index (χ0n) is 17.5.